The number of hydrogen-bond acceptors (Lipinski definition) is 2. The smallest absolute Gasteiger partial charge is 0.119 e. The summed E-state index contributed by atoms with van der Waals surface area (Å²) in [6.45, 7) is 0. The standard InChI is InChI=1S/C40H32O2/c1-41-31-13-7-11-27(21-31)35-23-29-19-17-25-9-3-5-15-33(25)37(29)39(35)40-36(28-12-8-14-32(22-28)42-2)24-30-20-18-26-10-4-6-16-34(26)38(30)40/h3-22,35-36H,23-24H2,1-2H3/b40-39+. The van der Waals surface area contributed by atoms with Gasteiger partial charge < -0.3 is 9.47 Å². The number of fused-ring (bicyclic) bond motifs is 6. The maximum absolute atomic E-state index is 5.72. The van der Waals surface area contributed by atoms with Gasteiger partial charge in [0, 0.05) is 11.8 Å². The predicted molar refractivity (Wildman–Crippen MR) is 174 cm³/mol. The van der Waals surface area contributed by atoms with Crippen LogP contribution in [0.1, 0.15) is 45.2 Å². The summed E-state index contributed by atoms with van der Waals surface area (Å²) in [6, 6.07) is 44.5. The molecule has 0 amide bonds. The molecule has 6 aromatic carbocycles. The lowest BCUT2D eigenvalue weighted by atomic mass is 9.80. The van der Waals surface area contributed by atoms with E-state index in [0.29, 0.717) is 0 Å². The van der Waals surface area contributed by atoms with Gasteiger partial charge >= 0.3 is 0 Å². The highest BCUT2D eigenvalue weighted by atomic mass is 16.5. The molecule has 0 heterocycles. The minimum absolute atomic E-state index is 0.217. The Morgan fingerprint density at radius 1 is 0.476 bits per heavy atom. The van der Waals surface area contributed by atoms with Crippen LogP contribution in [0.3, 0.4) is 0 Å². The largest absolute Gasteiger partial charge is 0.497 e. The van der Waals surface area contributed by atoms with Crippen LogP contribution in [-0.2, 0) is 12.8 Å². The number of rotatable bonds is 4. The van der Waals surface area contributed by atoms with Gasteiger partial charge in [-0.25, -0.2) is 0 Å². The van der Waals surface area contributed by atoms with E-state index in [1.165, 1.54) is 66.1 Å². The van der Waals surface area contributed by atoms with E-state index in [2.05, 4.69) is 109 Å². The van der Waals surface area contributed by atoms with Crippen molar-refractivity contribution in [2.24, 2.45) is 0 Å². The van der Waals surface area contributed by atoms with Gasteiger partial charge in [0.2, 0.25) is 0 Å². The van der Waals surface area contributed by atoms with E-state index in [9.17, 15) is 0 Å². The SMILES string of the molecule is COc1cccc(C2Cc3ccc4ccccc4c3/C2=C2/c3c(ccc4ccccc34)CC2c2cccc(OC)c2)c1. The highest BCUT2D eigenvalue weighted by Gasteiger charge is 2.39. The molecule has 0 bridgehead atoms. The Morgan fingerprint density at radius 2 is 0.929 bits per heavy atom. The molecule has 42 heavy (non-hydrogen) atoms. The first-order valence-corrected chi connectivity index (χ1v) is 14.8. The van der Waals surface area contributed by atoms with Crippen molar-refractivity contribution in [3.05, 3.63) is 155 Å². The molecule has 2 aliphatic carbocycles. The van der Waals surface area contributed by atoms with Crippen molar-refractivity contribution in [3.63, 3.8) is 0 Å². The van der Waals surface area contributed by atoms with E-state index in [0.717, 1.165) is 24.3 Å². The minimum Gasteiger partial charge on any atom is -0.497 e. The zero-order valence-electron chi connectivity index (χ0n) is 23.9. The van der Waals surface area contributed by atoms with E-state index in [1.807, 2.05) is 12.1 Å². The fourth-order valence-corrected chi connectivity index (χ4v) is 7.53. The molecule has 2 atom stereocenters. The van der Waals surface area contributed by atoms with Crippen LogP contribution in [0.5, 0.6) is 11.5 Å². The summed E-state index contributed by atoms with van der Waals surface area (Å²) in [4.78, 5) is 0. The molecule has 2 unspecified atom stereocenters. The quantitative estimate of drug-likeness (QED) is 0.220. The lowest BCUT2D eigenvalue weighted by Crippen LogP contribution is -2.05. The molecule has 2 aliphatic rings. The van der Waals surface area contributed by atoms with Crippen molar-refractivity contribution in [2.75, 3.05) is 14.2 Å². The molecule has 0 aromatic heterocycles. The van der Waals surface area contributed by atoms with Crippen LogP contribution in [0.2, 0.25) is 0 Å². The number of allylic oxidation sites excluding steroid dienone is 2. The minimum atomic E-state index is 0.217. The second-order valence-corrected chi connectivity index (χ2v) is 11.5. The Balaban J connectivity index is 1.51. The third-order valence-corrected chi connectivity index (χ3v) is 9.40. The van der Waals surface area contributed by atoms with E-state index in [-0.39, 0.29) is 11.8 Å². The van der Waals surface area contributed by atoms with Gasteiger partial charge in [0.25, 0.3) is 0 Å². The Labute approximate surface area is 246 Å². The van der Waals surface area contributed by atoms with Crippen molar-refractivity contribution in [1.29, 1.82) is 0 Å². The maximum atomic E-state index is 5.72. The van der Waals surface area contributed by atoms with Crippen LogP contribution < -0.4 is 9.47 Å². The third kappa shape index (κ3) is 3.86. The van der Waals surface area contributed by atoms with Crippen molar-refractivity contribution < 1.29 is 9.47 Å². The molecule has 0 saturated heterocycles. The normalized spacial score (nSPS) is 19.2. The molecular formula is C40H32O2. The number of hydrogen-bond donors (Lipinski definition) is 0. The maximum Gasteiger partial charge on any atom is 0.119 e. The Bertz CT molecular complexity index is 1890. The Morgan fingerprint density at radius 3 is 1.38 bits per heavy atom. The summed E-state index contributed by atoms with van der Waals surface area (Å²) in [5, 5.41) is 5.24. The fraction of sp³-hybridized carbons (Fsp3) is 0.150. The van der Waals surface area contributed by atoms with Crippen LogP contribution in [0.25, 0.3) is 32.7 Å². The number of ether oxygens (including phenoxy) is 2. The first-order chi connectivity index (χ1) is 20.7. The van der Waals surface area contributed by atoms with E-state index >= 15 is 0 Å². The van der Waals surface area contributed by atoms with E-state index in [4.69, 9.17) is 9.47 Å². The first-order valence-electron chi connectivity index (χ1n) is 14.8. The van der Waals surface area contributed by atoms with Gasteiger partial charge in [-0.15, -0.1) is 0 Å². The highest BCUT2D eigenvalue weighted by Crippen LogP contribution is 2.57. The topological polar surface area (TPSA) is 18.5 Å². The van der Waals surface area contributed by atoms with Gasteiger partial charge in [-0.3, -0.25) is 0 Å². The lowest BCUT2D eigenvalue weighted by Gasteiger charge is -2.24. The van der Waals surface area contributed by atoms with Gasteiger partial charge in [-0.1, -0.05) is 97.1 Å². The Kier molecular flexibility index (Phi) is 5.89. The van der Waals surface area contributed by atoms with Crippen LogP contribution >= 0.6 is 0 Å². The van der Waals surface area contributed by atoms with Gasteiger partial charge in [0.1, 0.15) is 11.5 Å². The van der Waals surface area contributed by atoms with Crippen molar-refractivity contribution in [1.82, 2.24) is 0 Å². The average Bonchev–Trinajstić information content (AvgIpc) is 3.64. The summed E-state index contributed by atoms with van der Waals surface area (Å²) in [6.07, 6.45) is 1.94. The van der Waals surface area contributed by atoms with Gasteiger partial charge in [-0.05, 0) is 103 Å². The third-order valence-electron chi connectivity index (χ3n) is 9.40. The summed E-state index contributed by atoms with van der Waals surface area (Å²) in [5.41, 5.74) is 11.2. The second-order valence-electron chi connectivity index (χ2n) is 11.5. The first kappa shape index (κ1) is 24.9. The monoisotopic (exact) mass is 544 g/mol. The van der Waals surface area contributed by atoms with Crippen molar-refractivity contribution in [3.8, 4) is 11.5 Å². The predicted octanol–water partition coefficient (Wildman–Crippen LogP) is 9.60. The van der Waals surface area contributed by atoms with Crippen molar-refractivity contribution in [2.45, 2.75) is 24.7 Å². The molecule has 6 aromatic rings. The van der Waals surface area contributed by atoms with E-state index in [1.54, 1.807) is 14.2 Å². The van der Waals surface area contributed by atoms with E-state index < -0.39 is 0 Å². The van der Waals surface area contributed by atoms with Gasteiger partial charge in [-0.2, -0.15) is 0 Å². The average molecular weight is 545 g/mol. The summed E-state index contributed by atoms with van der Waals surface area (Å²) in [5.74, 6) is 2.24. The molecule has 0 fully saturated rings. The van der Waals surface area contributed by atoms with Crippen LogP contribution in [-0.4, -0.2) is 14.2 Å². The molecule has 0 spiro atoms. The van der Waals surface area contributed by atoms with Crippen LogP contribution in [0.15, 0.2) is 121 Å². The molecule has 2 nitrogen and oxygen atoms in total. The number of methoxy groups -OCH3 is 2. The molecule has 0 saturated carbocycles. The number of benzene rings is 6. The van der Waals surface area contributed by atoms with Gasteiger partial charge in [0.05, 0.1) is 14.2 Å². The molecule has 0 N–H and O–H groups in total. The van der Waals surface area contributed by atoms with Crippen molar-refractivity contribution >= 4 is 32.7 Å². The molecule has 8 rings (SSSR count). The molecule has 0 radical (unpaired) electrons. The Hall–Kier alpha value is -4.82. The summed E-state index contributed by atoms with van der Waals surface area (Å²) in [7, 11) is 3.52. The second kappa shape index (κ2) is 9.92. The lowest BCUT2D eigenvalue weighted by molar-refractivity contribution is 0.414. The highest BCUT2D eigenvalue weighted by molar-refractivity contribution is 6.12. The summed E-state index contributed by atoms with van der Waals surface area (Å²) >= 11 is 0. The molecular weight excluding hydrogens is 512 g/mol. The van der Waals surface area contributed by atoms with Crippen LogP contribution in [0, 0.1) is 0 Å². The molecule has 2 heteroatoms. The zero-order chi connectivity index (χ0) is 28.2. The fourth-order valence-electron chi connectivity index (χ4n) is 7.53. The molecule has 204 valence electrons. The van der Waals surface area contributed by atoms with Gasteiger partial charge in [0.15, 0.2) is 0 Å². The molecule has 0 aliphatic heterocycles. The van der Waals surface area contributed by atoms with Crippen LogP contribution in [0.4, 0.5) is 0 Å². The zero-order valence-corrected chi connectivity index (χ0v) is 23.9. The summed E-state index contributed by atoms with van der Waals surface area (Å²) < 4.78 is 11.4.